The van der Waals surface area contributed by atoms with E-state index in [0.29, 0.717) is 13.0 Å². The van der Waals surface area contributed by atoms with Gasteiger partial charge in [0.15, 0.2) is 6.04 Å². The van der Waals surface area contributed by atoms with Gasteiger partial charge in [-0.2, -0.15) is 0 Å². The van der Waals surface area contributed by atoms with Crippen molar-refractivity contribution in [3.63, 3.8) is 0 Å². The third kappa shape index (κ3) is 3.85. The Hall–Kier alpha value is -1.36. The van der Waals surface area contributed by atoms with Crippen molar-refractivity contribution in [2.24, 2.45) is 5.41 Å². The van der Waals surface area contributed by atoms with E-state index in [1.165, 1.54) is 0 Å². The smallest absolute Gasteiger partial charge is 0.328 e. The first-order valence-electron chi connectivity index (χ1n) is 5.62. The number of rotatable bonds is 3. The minimum Gasteiger partial charge on any atom is -0.480 e. The molecule has 2 atom stereocenters. The quantitative estimate of drug-likeness (QED) is 0.721. The van der Waals surface area contributed by atoms with E-state index in [0.717, 1.165) is 0 Å². The van der Waals surface area contributed by atoms with Crippen LogP contribution in [0.3, 0.4) is 0 Å². The predicted molar refractivity (Wildman–Crippen MR) is 62.5 cm³/mol. The van der Waals surface area contributed by atoms with Gasteiger partial charge in [0.2, 0.25) is 5.91 Å². The lowest BCUT2D eigenvalue weighted by molar-refractivity contribution is -0.148. The summed E-state index contributed by atoms with van der Waals surface area (Å²) in [6.07, 6.45) is 3.71. The summed E-state index contributed by atoms with van der Waals surface area (Å²) in [4.78, 5) is 22.9. The third-order valence-corrected chi connectivity index (χ3v) is 2.55. The monoisotopic (exact) mass is 241 g/mol. The zero-order valence-corrected chi connectivity index (χ0v) is 10.4. The normalized spacial score (nSPS) is 21.9. The molecule has 1 aliphatic heterocycles. The summed E-state index contributed by atoms with van der Waals surface area (Å²) in [6.45, 7) is 5.61. The Morgan fingerprint density at radius 3 is 2.47 bits per heavy atom. The molecular weight excluding hydrogens is 222 g/mol. The number of hydrogen-bond donors (Lipinski definition) is 2. The lowest BCUT2D eigenvalue weighted by Gasteiger charge is -2.28. The first-order chi connectivity index (χ1) is 7.82. The molecule has 2 N–H and O–H groups in total. The zero-order chi connectivity index (χ0) is 13.1. The standard InChI is InChI=1S/C12H19NO4/c1-12(2,3)11(16)13-9(10(14)15)8-6-4-5-7-17-8/h4-5,8-9H,6-7H2,1-3H3,(H,13,16)(H,14,15)/t8-,9+/m0/s1. The highest BCUT2D eigenvalue weighted by Gasteiger charge is 2.33. The number of ether oxygens (including phenoxy) is 1. The molecule has 17 heavy (non-hydrogen) atoms. The Balaban J connectivity index is 2.70. The van der Waals surface area contributed by atoms with Gasteiger partial charge in [0, 0.05) is 5.41 Å². The molecule has 0 aromatic rings. The van der Waals surface area contributed by atoms with E-state index in [4.69, 9.17) is 9.84 Å². The van der Waals surface area contributed by atoms with Gasteiger partial charge in [0.1, 0.15) is 0 Å². The molecule has 0 saturated carbocycles. The van der Waals surface area contributed by atoms with E-state index >= 15 is 0 Å². The topological polar surface area (TPSA) is 75.6 Å². The van der Waals surface area contributed by atoms with Crippen LogP contribution in [0.4, 0.5) is 0 Å². The second kappa shape index (κ2) is 5.31. The Morgan fingerprint density at radius 2 is 2.06 bits per heavy atom. The molecule has 0 fully saturated rings. The van der Waals surface area contributed by atoms with E-state index in [1.807, 2.05) is 12.2 Å². The number of aliphatic carboxylic acids is 1. The summed E-state index contributed by atoms with van der Waals surface area (Å²) in [5.41, 5.74) is -0.613. The van der Waals surface area contributed by atoms with Gasteiger partial charge in [-0.15, -0.1) is 0 Å². The van der Waals surface area contributed by atoms with Crippen LogP contribution in [-0.4, -0.2) is 35.7 Å². The minimum atomic E-state index is -1.07. The molecule has 0 spiro atoms. The lowest BCUT2D eigenvalue weighted by atomic mass is 9.94. The van der Waals surface area contributed by atoms with Gasteiger partial charge in [-0.25, -0.2) is 4.79 Å². The minimum absolute atomic E-state index is 0.289. The molecular formula is C12H19NO4. The summed E-state index contributed by atoms with van der Waals surface area (Å²) < 4.78 is 5.33. The van der Waals surface area contributed by atoms with Crippen molar-refractivity contribution in [1.82, 2.24) is 5.32 Å². The van der Waals surface area contributed by atoms with Crippen LogP contribution in [0.5, 0.6) is 0 Å². The summed E-state index contributed by atoms with van der Waals surface area (Å²) in [7, 11) is 0. The molecule has 0 aromatic carbocycles. The highest BCUT2D eigenvalue weighted by Crippen LogP contribution is 2.16. The molecule has 96 valence electrons. The predicted octanol–water partition coefficient (Wildman–Crippen LogP) is 0.947. The van der Waals surface area contributed by atoms with Crippen LogP contribution in [0, 0.1) is 5.41 Å². The molecule has 0 aromatic heterocycles. The summed E-state index contributed by atoms with van der Waals surface area (Å²) >= 11 is 0. The fourth-order valence-corrected chi connectivity index (χ4v) is 1.45. The highest BCUT2D eigenvalue weighted by molar-refractivity contribution is 5.87. The number of carbonyl (C=O) groups is 2. The van der Waals surface area contributed by atoms with Crippen molar-refractivity contribution in [3.8, 4) is 0 Å². The van der Waals surface area contributed by atoms with Gasteiger partial charge in [-0.3, -0.25) is 4.79 Å². The molecule has 1 heterocycles. The van der Waals surface area contributed by atoms with Gasteiger partial charge >= 0.3 is 5.97 Å². The van der Waals surface area contributed by atoms with Crippen LogP contribution in [0.15, 0.2) is 12.2 Å². The van der Waals surface area contributed by atoms with Crippen LogP contribution in [0.25, 0.3) is 0 Å². The largest absolute Gasteiger partial charge is 0.480 e. The Labute approximate surface area is 101 Å². The summed E-state index contributed by atoms with van der Waals surface area (Å²) in [5, 5.41) is 11.7. The van der Waals surface area contributed by atoms with E-state index in [2.05, 4.69) is 5.32 Å². The van der Waals surface area contributed by atoms with Gasteiger partial charge in [-0.05, 0) is 6.42 Å². The molecule has 0 unspecified atom stereocenters. The number of amides is 1. The van der Waals surface area contributed by atoms with Gasteiger partial charge in [0.05, 0.1) is 12.7 Å². The Kier molecular flexibility index (Phi) is 4.28. The first kappa shape index (κ1) is 13.7. The van der Waals surface area contributed by atoms with Gasteiger partial charge < -0.3 is 15.2 Å². The second-order valence-electron chi connectivity index (χ2n) is 5.12. The Bertz CT molecular complexity index is 330. The third-order valence-electron chi connectivity index (χ3n) is 2.55. The molecule has 0 bridgehead atoms. The van der Waals surface area contributed by atoms with Crippen molar-refractivity contribution in [2.45, 2.75) is 39.3 Å². The molecule has 1 rings (SSSR count). The van der Waals surface area contributed by atoms with E-state index in [-0.39, 0.29) is 5.91 Å². The second-order valence-corrected chi connectivity index (χ2v) is 5.12. The van der Waals surface area contributed by atoms with Gasteiger partial charge in [0.25, 0.3) is 0 Å². The fourth-order valence-electron chi connectivity index (χ4n) is 1.45. The average molecular weight is 241 g/mol. The summed E-state index contributed by atoms with van der Waals surface area (Å²) in [5.74, 6) is -1.36. The maximum absolute atomic E-state index is 11.8. The number of hydrogen-bond acceptors (Lipinski definition) is 3. The number of carboxylic acids is 1. The zero-order valence-electron chi connectivity index (χ0n) is 10.4. The molecule has 5 nitrogen and oxygen atoms in total. The van der Waals surface area contributed by atoms with Crippen molar-refractivity contribution in [2.75, 3.05) is 6.61 Å². The molecule has 0 aliphatic carbocycles. The van der Waals surface area contributed by atoms with Crippen molar-refractivity contribution >= 4 is 11.9 Å². The Morgan fingerprint density at radius 1 is 1.41 bits per heavy atom. The van der Waals surface area contributed by atoms with Crippen molar-refractivity contribution in [1.29, 1.82) is 0 Å². The number of carboxylic acid groups (broad SMARTS) is 1. The molecule has 1 amide bonds. The van der Waals surface area contributed by atoms with Crippen LogP contribution in [0.1, 0.15) is 27.2 Å². The number of nitrogens with one attached hydrogen (secondary N) is 1. The van der Waals surface area contributed by atoms with Crippen LogP contribution in [-0.2, 0) is 14.3 Å². The molecule has 5 heteroatoms. The number of carbonyl (C=O) groups excluding carboxylic acids is 1. The maximum atomic E-state index is 11.8. The fraction of sp³-hybridized carbons (Fsp3) is 0.667. The average Bonchev–Trinajstić information content (AvgIpc) is 2.25. The van der Waals surface area contributed by atoms with Crippen molar-refractivity contribution in [3.05, 3.63) is 12.2 Å². The van der Waals surface area contributed by atoms with E-state index in [9.17, 15) is 9.59 Å². The van der Waals surface area contributed by atoms with Gasteiger partial charge in [-0.1, -0.05) is 32.9 Å². The van der Waals surface area contributed by atoms with E-state index in [1.54, 1.807) is 20.8 Å². The molecule has 0 saturated heterocycles. The van der Waals surface area contributed by atoms with E-state index < -0.39 is 23.5 Å². The molecule has 0 radical (unpaired) electrons. The lowest BCUT2D eigenvalue weighted by Crippen LogP contribution is -2.52. The van der Waals surface area contributed by atoms with Crippen LogP contribution in [0.2, 0.25) is 0 Å². The van der Waals surface area contributed by atoms with Crippen LogP contribution >= 0.6 is 0 Å². The van der Waals surface area contributed by atoms with Crippen LogP contribution < -0.4 is 5.32 Å². The first-order valence-corrected chi connectivity index (χ1v) is 5.62. The SMILES string of the molecule is CC(C)(C)C(=O)N[C@@H](C(=O)O)[C@@H]1CC=CCO1. The molecule has 1 aliphatic rings. The summed E-state index contributed by atoms with van der Waals surface area (Å²) in [6, 6.07) is -0.994. The maximum Gasteiger partial charge on any atom is 0.328 e. The highest BCUT2D eigenvalue weighted by atomic mass is 16.5. The van der Waals surface area contributed by atoms with Crippen molar-refractivity contribution < 1.29 is 19.4 Å².